The molecule has 0 fully saturated rings. The number of aliphatic hydroxyl groups is 1. The van der Waals surface area contributed by atoms with Crippen molar-refractivity contribution in [2.24, 2.45) is 0 Å². The van der Waals surface area contributed by atoms with Crippen LogP contribution in [0, 0.1) is 0 Å². The average molecular weight is 419 g/mol. The Labute approximate surface area is 180 Å². The lowest BCUT2D eigenvalue weighted by atomic mass is 10.1. The fourth-order valence-corrected chi connectivity index (χ4v) is 3.86. The summed E-state index contributed by atoms with van der Waals surface area (Å²) >= 11 is 0. The molecular formula is C24H25N3O4. The van der Waals surface area contributed by atoms with Crippen LogP contribution >= 0.6 is 0 Å². The first-order chi connectivity index (χ1) is 15.1. The van der Waals surface area contributed by atoms with Crippen molar-refractivity contribution in [3.63, 3.8) is 0 Å². The number of carbonyl (C=O) groups excluding carboxylic acids is 2. The number of aliphatic hydroxyl groups excluding tert-OH is 1. The van der Waals surface area contributed by atoms with Crippen LogP contribution in [0.1, 0.15) is 40.5 Å². The van der Waals surface area contributed by atoms with Gasteiger partial charge in [-0.15, -0.1) is 0 Å². The summed E-state index contributed by atoms with van der Waals surface area (Å²) < 4.78 is 5.59. The van der Waals surface area contributed by atoms with Crippen LogP contribution in [-0.2, 0) is 0 Å². The molecular weight excluding hydrogens is 394 g/mol. The summed E-state index contributed by atoms with van der Waals surface area (Å²) in [6.45, 7) is 2.61. The van der Waals surface area contributed by atoms with E-state index in [-0.39, 0.29) is 31.1 Å². The van der Waals surface area contributed by atoms with Crippen molar-refractivity contribution in [3.8, 4) is 5.75 Å². The highest BCUT2D eigenvalue weighted by molar-refractivity contribution is 6.21. The van der Waals surface area contributed by atoms with Crippen molar-refractivity contribution >= 4 is 28.4 Å². The lowest BCUT2D eigenvalue weighted by Crippen LogP contribution is -2.31. The molecule has 160 valence electrons. The Bertz CT molecular complexity index is 1080. The zero-order chi connectivity index (χ0) is 21.8. The van der Waals surface area contributed by atoms with Crippen LogP contribution < -0.4 is 10.1 Å². The maximum Gasteiger partial charge on any atom is 0.261 e. The number of nitrogens with zero attached hydrogens (tertiary/aromatic N) is 2. The maximum absolute atomic E-state index is 12.5. The Balaban J connectivity index is 1.39. The van der Waals surface area contributed by atoms with Crippen LogP contribution in [0.25, 0.3) is 10.9 Å². The summed E-state index contributed by atoms with van der Waals surface area (Å²) in [5.41, 5.74) is 2.65. The molecule has 7 heteroatoms. The largest absolute Gasteiger partial charge is 0.491 e. The molecule has 3 aromatic rings. The van der Waals surface area contributed by atoms with Gasteiger partial charge in [0.2, 0.25) is 0 Å². The van der Waals surface area contributed by atoms with Crippen LogP contribution in [0.2, 0.25) is 0 Å². The third-order valence-corrected chi connectivity index (χ3v) is 5.34. The lowest BCUT2D eigenvalue weighted by Gasteiger charge is -2.19. The number of fused-ring (bicyclic) bond motifs is 2. The molecule has 2 amide bonds. The predicted molar refractivity (Wildman–Crippen MR) is 118 cm³/mol. The van der Waals surface area contributed by atoms with Gasteiger partial charge in [0.15, 0.2) is 0 Å². The number of aromatic nitrogens is 1. The molecule has 4 rings (SSSR count). The van der Waals surface area contributed by atoms with E-state index in [2.05, 4.69) is 17.2 Å². The number of nitrogens with one attached hydrogen (secondary N) is 1. The van der Waals surface area contributed by atoms with Gasteiger partial charge < -0.3 is 15.2 Å². The number of carbonyl (C=O) groups is 2. The van der Waals surface area contributed by atoms with Gasteiger partial charge in [-0.2, -0.15) is 0 Å². The molecule has 31 heavy (non-hydrogen) atoms. The van der Waals surface area contributed by atoms with Gasteiger partial charge in [0.05, 0.1) is 28.9 Å². The fraction of sp³-hybridized carbons (Fsp3) is 0.292. The van der Waals surface area contributed by atoms with Crippen molar-refractivity contribution in [3.05, 3.63) is 65.9 Å². The first-order valence-electron chi connectivity index (χ1n) is 10.4. The third-order valence-electron chi connectivity index (χ3n) is 5.34. The molecule has 0 spiro atoms. The van der Waals surface area contributed by atoms with E-state index >= 15 is 0 Å². The van der Waals surface area contributed by atoms with Gasteiger partial charge in [-0.1, -0.05) is 18.2 Å². The number of hydrogen-bond donors (Lipinski definition) is 2. The van der Waals surface area contributed by atoms with E-state index in [4.69, 9.17) is 9.84 Å². The van der Waals surface area contributed by atoms with Crippen molar-refractivity contribution in [1.29, 1.82) is 0 Å². The highest BCUT2D eigenvalue weighted by Crippen LogP contribution is 2.29. The van der Waals surface area contributed by atoms with Crippen molar-refractivity contribution in [1.82, 2.24) is 9.88 Å². The number of imide groups is 1. The number of rotatable bonds is 9. The fourth-order valence-electron chi connectivity index (χ4n) is 3.86. The summed E-state index contributed by atoms with van der Waals surface area (Å²) in [4.78, 5) is 30.8. The molecule has 1 aromatic heterocycles. The highest BCUT2D eigenvalue weighted by Gasteiger charge is 2.34. The van der Waals surface area contributed by atoms with E-state index in [9.17, 15) is 9.59 Å². The van der Waals surface area contributed by atoms with E-state index in [0.29, 0.717) is 29.8 Å². The molecule has 0 saturated heterocycles. The zero-order valence-electron chi connectivity index (χ0n) is 17.4. The molecule has 2 N–H and O–H groups in total. The number of anilines is 1. The van der Waals surface area contributed by atoms with Crippen LogP contribution in [-0.4, -0.2) is 52.6 Å². The standard InChI is InChI=1S/C24H25N3O4/c1-16(6-5-11-27-23(29)19-8-2-3-9-20(19)24(27)30)26-21-15-18(31-13-12-28)14-17-7-4-10-25-22(17)21/h2-4,7-10,14-16,26,28H,5-6,11-13H2,1H3. The zero-order valence-corrected chi connectivity index (χ0v) is 17.4. The summed E-state index contributed by atoms with van der Waals surface area (Å²) in [6, 6.07) is 14.6. The van der Waals surface area contributed by atoms with Gasteiger partial charge in [0.25, 0.3) is 11.8 Å². The maximum atomic E-state index is 12.5. The quantitative estimate of drug-likeness (QED) is 0.516. The first-order valence-corrected chi connectivity index (χ1v) is 10.4. The topological polar surface area (TPSA) is 91.8 Å². The van der Waals surface area contributed by atoms with E-state index in [1.165, 1.54) is 4.90 Å². The molecule has 1 aliphatic heterocycles. The Morgan fingerprint density at radius 1 is 1.10 bits per heavy atom. The van der Waals surface area contributed by atoms with Gasteiger partial charge in [0.1, 0.15) is 12.4 Å². The van der Waals surface area contributed by atoms with Crippen LogP contribution in [0.5, 0.6) is 5.75 Å². The Morgan fingerprint density at radius 2 is 1.84 bits per heavy atom. The smallest absolute Gasteiger partial charge is 0.261 e. The predicted octanol–water partition coefficient (Wildman–Crippen LogP) is 3.48. The minimum Gasteiger partial charge on any atom is -0.491 e. The Kier molecular flexibility index (Phi) is 6.13. The van der Waals surface area contributed by atoms with Gasteiger partial charge in [0, 0.05) is 30.2 Å². The first kappa shape index (κ1) is 20.8. The van der Waals surface area contributed by atoms with Gasteiger partial charge >= 0.3 is 0 Å². The lowest BCUT2D eigenvalue weighted by molar-refractivity contribution is 0.0651. The van der Waals surface area contributed by atoms with Crippen molar-refractivity contribution in [2.75, 3.05) is 25.1 Å². The molecule has 0 aliphatic carbocycles. The van der Waals surface area contributed by atoms with Crippen LogP contribution in [0.4, 0.5) is 5.69 Å². The van der Waals surface area contributed by atoms with E-state index in [1.54, 1.807) is 30.5 Å². The monoisotopic (exact) mass is 419 g/mol. The summed E-state index contributed by atoms with van der Waals surface area (Å²) in [5, 5.41) is 13.4. The second kappa shape index (κ2) is 9.14. The van der Waals surface area contributed by atoms with Crippen LogP contribution in [0.15, 0.2) is 54.7 Å². The minimum absolute atomic E-state index is 0.0535. The summed E-state index contributed by atoms with van der Waals surface area (Å²) in [6.07, 6.45) is 3.20. The van der Waals surface area contributed by atoms with Crippen molar-refractivity contribution < 1.29 is 19.4 Å². The van der Waals surface area contributed by atoms with Gasteiger partial charge in [-0.3, -0.25) is 19.5 Å². The number of ether oxygens (including phenoxy) is 1. The molecule has 0 bridgehead atoms. The van der Waals surface area contributed by atoms with Crippen LogP contribution in [0.3, 0.4) is 0 Å². The highest BCUT2D eigenvalue weighted by atomic mass is 16.5. The van der Waals surface area contributed by atoms with E-state index in [1.807, 2.05) is 24.3 Å². The van der Waals surface area contributed by atoms with Gasteiger partial charge in [-0.05, 0) is 44.0 Å². The van der Waals surface area contributed by atoms with Gasteiger partial charge in [-0.25, -0.2) is 0 Å². The average Bonchev–Trinajstić information content (AvgIpc) is 3.03. The second-order valence-corrected chi connectivity index (χ2v) is 7.61. The van der Waals surface area contributed by atoms with Crippen molar-refractivity contribution in [2.45, 2.75) is 25.8 Å². The Morgan fingerprint density at radius 3 is 2.55 bits per heavy atom. The summed E-state index contributed by atoms with van der Waals surface area (Å²) in [7, 11) is 0. The number of benzene rings is 2. The molecule has 1 atom stereocenters. The molecule has 2 heterocycles. The second-order valence-electron chi connectivity index (χ2n) is 7.61. The van der Waals surface area contributed by atoms with E-state index in [0.717, 1.165) is 23.0 Å². The molecule has 2 aromatic carbocycles. The molecule has 7 nitrogen and oxygen atoms in total. The summed E-state index contributed by atoms with van der Waals surface area (Å²) in [5.74, 6) is 0.227. The Hall–Kier alpha value is -3.45. The molecule has 0 radical (unpaired) electrons. The molecule has 0 saturated carbocycles. The molecule has 1 aliphatic rings. The third kappa shape index (κ3) is 4.36. The number of amides is 2. The SMILES string of the molecule is CC(CCCN1C(=O)c2ccccc2C1=O)Nc1cc(OCCO)cc2cccnc12. The number of hydrogen-bond acceptors (Lipinski definition) is 6. The minimum atomic E-state index is -0.217. The normalized spacial score (nSPS) is 14.1. The van der Waals surface area contributed by atoms with E-state index < -0.39 is 0 Å². The molecule has 1 unspecified atom stereocenters. The number of pyridine rings is 1.